The standard InChI is InChI=1S/C9H16O/c1-7(2)5-9(6-10)8(3)4/h6-7,9H,3,5H2,1-2,4H3. The quantitative estimate of drug-likeness (QED) is 0.433. The Balaban J connectivity index is 3.83. The van der Waals surface area contributed by atoms with Gasteiger partial charge in [0.05, 0.1) is 0 Å². The number of hydrogen-bond donors (Lipinski definition) is 0. The topological polar surface area (TPSA) is 17.1 Å². The van der Waals surface area contributed by atoms with Gasteiger partial charge in [-0.25, -0.2) is 0 Å². The number of hydrogen-bond acceptors (Lipinski definition) is 1. The van der Waals surface area contributed by atoms with Gasteiger partial charge < -0.3 is 4.79 Å². The van der Waals surface area contributed by atoms with Crippen molar-refractivity contribution in [2.75, 3.05) is 0 Å². The number of allylic oxidation sites excluding steroid dienone is 1. The Morgan fingerprint density at radius 2 is 2.10 bits per heavy atom. The summed E-state index contributed by atoms with van der Waals surface area (Å²) >= 11 is 0. The maximum atomic E-state index is 10.4. The lowest BCUT2D eigenvalue weighted by Crippen LogP contribution is -2.06. The first kappa shape index (κ1) is 9.41. The van der Waals surface area contributed by atoms with Gasteiger partial charge in [0, 0.05) is 5.92 Å². The van der Waals surface area contributed by atoms with Gasteiger partial charge in [0.15, 0.2) is 0 Å². The maximum absolute atomic E-state index is 10.4. The smallest absolute Gasteiger partial charge is 0.127 e. The van der Waals surface area contributed by atoms with Gasteiger partial charge in [-0.3, -0.25) is 0 Å². The average Bonchev–Trinajstić information content (AvgIpc) is 1.81. The van der Waals surface area contributed by atoms with E-state index in [1.165, 1.54) is 0 Å². The summed E-state index contributed by atoms with van der Waals surface area (Å²) in [6.45, 7) is 9.87. The Kier molecular flexibility index (Phi) is 4.01. The van der Waals surface area contributed by atoms with E-state index in [1.807, 2.05) is 6.92 Å². The van der Waals surface area contributed by atoms with Crippen LogP contribution in [0.1, 0.15) is 27.2 Å². The Hall–Kier alpha value is -0.590. The summed E-state index contributed by atoms with van der Waals surface area (Å²) < 4.78 is 0. The molecule has 0 saturated carbocycles. The Morgan fingerprint density at radius 3 is 2.20 bits per heavy atom. The predicted molar refractivity (Wildman–Crippen MR) is 43.8 cm³/mol. The summed E-state index contributed by atoms with van der Waals surface area (Å²) in [6.07, 6.45) is 1.92. The average molecular weight is 140 g/mol. The second kappa shape index (κ2) is 4.26. The van der Waals surface area contributed by atoms with Crippen molar-refractivity contribution in [1.29, 1.82) is 0 Å². The predicted octanol–water partition coefficient (Wildman–Crippen LogP) is 2.42. The van der Waals surface area contributed by atoms with E-state index in [-0.39, 0.29) is 5.92 Å². The van der Waals surface area contributed by atoms with E-state index in [0.717, 1.165) is 18.3 Å². The largest absolute Gasteiger partial charge is 0.303 e. The Labute approximate surface area is 63.1 Å². The summed E-state index contributed by atoms with van der Waals surface area (Å²) in [5.74, 6) is 0.645. The molecule has 0 radical (unpaired) electrons. The molecule has 0 aliphatic rings. The molecular formula is C9H16O. The summed E-state index contributed by atoms with van der Waals surface area (Å²) in [4.78, 5) is 10.4. The van der Waals surface area contributed by atoms with Crippen molar-refractivity contribution < 1.29 is 4.79 Å². The van der Waals surface area contributed by atoms with Crippen LogP contribution < -0.4 is 0 Å². The Bertz CT molecular complexity index is 125. The van der Waals surface area contributed by atoms with Gasteiger partial charge in [-0.05, 0) is 19.3 Å². The molecule has 0 aromatic rings. The van der Waals surface area contributed by atoms with E-state index in [9.17, 15) is 4.79 Å². The molecule has 58 valence electrons. The first-order valence-corrected chi connectivity index (χ1v) is 3.68. The van der Waals surface area contributed by atoms with Crippen molar-refractivity contribution in [3.63, 3.8) is 0 Å². The highest BCUT2D eigenvalue weighted by Gasteiger charge is 2.08. The molecule has 0 aromatic heterocycles. The van der Waals surface area contributed by atoms with Crippen molar-refractivity contribution in [1.82, 2.24) is 0 Å². The van der Waals surface area contributed by atoms with Crippen LogP contribution in [0.15, 0.2) is 12.2 Å². The second-order valence-electron chi connectivity index (χ2n) is 3.22. The molecule has 10 heavy (non-hydrogen) atoms. The zero-order valence-electron chi connectivity index (χ0n) is 7.05. The highest BCUT2D eigenvalue weighted by Crippen LogP contribution is 2.15. The first-order valence-electron chi connectivity index (χ1n) is 3.68. The van der Waals surface area contributed by atoms with Crippen molar-refractivity contribution in [2.24, 2.45) is 11.8 Å². The molecule has 0 saturated heterocycles. The van der Waals surface area contributed by atoms with E-state index in [4.69, 9.17) is 0 Å². The number of carbonyl (C=O) groups is 1. The van der Waals surface area contributed by atoms with Crippen LogP contribution in [0.4, 0.5) is 0 Å². The van der Waals surface area contributed by atoms with E-state index < -0.39 is 0 Å². The zero-order chi connectivity index (χ0) is 8.15. The fourth-order valence-corrected chi connectivity index (χ4v) is 0.881. The van der Waals surface area contributed by atoms with Crippen LogP contribution in [0.5, 0.6) is 0 Å². The molecule has 0 rings (SSSR count). The van der Waals surface area contributed by atoms with Gasteiger partial charge >= 0.3 is 0 Å². The molecule has 0 aromatic carbocycles. The monoisotopic (exact) mass is 140 g/mol. The van der Waals surface area contributed by atoms with Crippen molar-refractivity contribution in [3.8, 4) is 0 Å². The lowest BCUT2D eigenvalue weighted by molar-refractivity contribution is -0.110. The van der Waals surface area contributed by atoms with Gasteiger partial charge in [0.1, 0.15) is 6.29 Å². The van der Waals surface area contributed by atoms with E-state index in [0.29, 0.717) is 5.92 Å². The van der Waals surface area contributed by atoms with E-state index >= 15 is 0 Å². The minimum Gasteiger partial charge on any atom is -0.303 e. The highest BCUT2D eigenvalue weighted by molar-refractivity contribution is 5.58. The molecule has 0 aliphatic carbocycles. The number of aldehydes is 1. The van der Waals surface area contributed by atoms with Crippen LogP contribution in [-0.4, -0.2) is 6.29 Å². The molecule has 0 heterocycles. The minimum atomic E-state index is 0.0694. The van der Waals surface area contributed by atoms with Gasteiger partial charge in [-0.15, -0.1) is 0 Å². The normalized spacial score (nSPS) is 13.2. The lowest BCUT2D eigenvalue weighted by Gasteiger charge is -2.11. The molecule has 1 nitrogen and oxygen atoms in total. The molecule has 0 aliphatic heterocycles. The van der Waals surface area contributed by atoms with Crippen LogP contribution in [0.2, 0.25) is 0 Å². The highest BCUT2D eigenvalue weighted by atomic mass is 16.1. The fraction of sp³-hybridized carbons (Fsp3) is 0.667. The third-order valence-corrected chi connectivity index (χ3v) is 1.52. The summed E-state index contributed by atoms with van der Waals surface area (Å²) in [5, 5.41) is 0. The molecule has 0 fully saturated rings. The van der Waals surface area contributed by atoms with Gasteiger partial charge in [0.25, 0.3) is 0 Å². The zero-order valence-corrected chi connectivity index (χ0v) is 7.05. The summed E-state index contributed by atoms with van der Waals surface area (Å²) in [7, 11) is 0. The van der Waals surface area contributed by atoms with Gasteiger partial charge in [-0.2, -0.15) is 0 Å². The third kappa shape index (κ3) is 3.44. The molecule has 1 atom stereocenters. The first-order chi connectivity index (χ1) is 4.57. The van der Waals surface area contributed by atoms with E-state index in [1.54, 1.807) is 0 Å². The van der Waals surface area contributed by atoms with Crippen molar-refractivity contribution in [3.05, 3.63) is 12.2 Å². The molecular weight excluding hydrogens is 124 g/mol. The van der Waals surface area contributed by atoms with Crippen molar-refractivity contribution >= 4 is 6.29 Å². The Morgan fingerprint density at radius 1 is 1.60 bits per heavy atom. The van der Waals surface area contributed by atoms with Crippen molar-refractivity contribution in [2.45, 2.75) is 27.2 Å². The van der Waals surface area contributed by atoms with Gasteiger partial charge in [-0.1, -0.05) is 26.0 Å². The lowest BCUT2D eigenvalue weighted by atomic mass is 9.93. The summed E-state index contributed by atoms with van der Waals surface area (Å²) in [6, 6.07) is 0. The SMILES string of the molecule is C=C(C)C(C=O)CC(C)C. The number of rotatable bonds is 4. The van der Waals surface area contributed by atoms with Crippen LogP contribution in [0.25, 0.3) is 0 Å². The van der Waals surface area contributed by atoms with Crippen LogP contribution in [0, 0.1) is 11.8 Å². The molecule has 0 N–H and O–H groups in total. The third-order valence-electron chi connectivity index (χ3n) is 1.52. The molecule has 0 bridgehead atoms. The minimum absolute atomic E-state index is 0.0694. The molecule has 1 heteroatoms. The van der Waals surface area contributed by atoms with E-state index in [2.05, 4.69) is 20.4 Å². The molecule has 0 spiro atoms. The summed E-state index contributed by atoms with van der Waals surface area (Å²) in [5.41, 5.74) is 0.976. The van der Waals surface area contributed by atoms with Gasteiger partial charge in [0.2, 0.25) is 0 Å². The maximum Gasteiger partial charge on any atom is 0.127 e. The van der Waals surface area contributed by atoms with Crippen LogP contribution >= 0.6 is 0 Å². The fourth-order valence-electron chi connectivity index (χ4n) is 0.881. The van der Waals surface area contributed by atoms with Crippen LogP contribution in [0.3, 0.4) is 0 Å². The molecule has 1 unspecified atom stereocenters. The van der Waals surface area contributed by atoms with Crippen LogP contribution in [-0.2, 0) is 4.79 Å². The number of carbonyl (C=O) groups excluding carboxylic acids is 1. The molecule has 0 amide bonds. The second-order valence-corrected chi connectivity index (χ2v) is 3.22.